The molecule has 1 aromatic carbocycles. The molecule has 126 valence electrons. The van der Waals surface area contributed by atoms with E-state index in [1.807, 2.05) is 43.3 Å². The molecule has 1 saturated carbocycles. The van der Waals surface area contributed by atoms with Crippen molar-refractivity contribution >= 4 is 5.97 Å². The molecule has 2 aromatic rings. The first-order valence-corrected chi connectivity index (χ1v) is 8.60. The Kier molecular flexibility index (Phi) is 5.14. The van der Waals surface area contributed by atoms with Crippen molar-refractivity contribution < 1.29 is 14.3 Å². The van der Waals surface area contributed by atoms with Gasteiger partial charge in [0.25, 0.3) is 0 Å². The Balaban J connectivity index is 2.00. The average molecular weight is 325 g/mol. The molecule has 1 aliphatic carbocycles. The second kappa shape index (κ2) is 7.47. The van der Waals surface area contributed by atoms with Gasteiger partial charge in [0.05, 0.1) is 12.3 Å². The summed E-state index contributed by atoms with van der Waals surface area (Å²) in [6, 6.07) is 11.3. The van der Waals surface area contributed by atoms with Crippen LogP contribution in [0, 0.1) is 6.92 Å². The minimum atomic E-state index is -0.392. The molecule has 0 N–H and O–H groups in total. The zero-order chi connectivity index (χ0) is 16.9. The van der Waals surface area contributed by atoms with Gasteiger partial charge in [-0.1, -0.05) is 31.0 Å². The van der Waals surface area contributed by atoms with Gasteiger partial charge in [0, 0.05) is 5.92 Å². The Morgan fingerprint density at radius 2 is 1.92 bits per heavy atom. The highest BCUT2D eigenvalue weighted by Gasteiger charge is 2.25. The van der Waals surface area contributed by atoms with E-state index in [0.717, 1.165) is 24.1 Å². The molecule has 0 atom stereocenters. The van der Waals surface area contributed by atoms with Crippen molar-refractivity contribution in [1.29, 1.82) is 0 Å². The number of hydrogen-bond donors (Lipinski definition) is 0. The molecule has 0 aliphatic heterocycles. The molecule has 0 unspecified atom stereocenters. The minimum Gasteiger partial charge on any atom is -0.462 e. The number of benzene rings is 1. The Labute approximate surface area is 142 Å². The van der Waals surface area contributed by atoms with E-state index in [2.05, 4.69) is 0 Å². The first-order valence-electron chi connectivity index (χ1n) is 8.60. The zero-order valence-electron chi connectivity index (χ0n) is 14.2. The van der Waals surface area contributed by atoms with Gasteiger partial charge in [-0.3, -0.25) is 0 Å². The van der Waals surface area contributed by atoms with Crippen LogP contribution in [0.25, 0.3) is 0 Å². The lowest BCUT2D eigenvalue weighted by molar-refractivity contribution is 0.0522. The van der Waals surface area contributed by atoms with Gasteiger partial charge in [0.15, 0.2) is 0 Å². The van der Waals surface area contributed by atoms with Gasteiger partial charge in [0.1, 0.15) is 11.3 Å². The topological polar surface area (TPSA) is 48.4 Å². The lowest BCUT2D eigenvalue weighted by atomic mass is 9.98. The molecule has 24 heavy (non-hydrogen) atoms. The minimum absolute atomic E-state index is 0.326. The number of esters is 1. The van der Waals surface area contributed by atoms with E-state index in [4.69, 9.17) is 14.5 Å². The molecule has 3 rings (SSSR count). The van der Waals surface area contributed by atoms with Crippen molar-refractivity contribution in [3.8, 4) is 11.6 Å². The average Bonchev–Trinajstić information content (AvgIpc) is 3.11. The highest BCUT2D eigenvalue weighted by molar-refractivity contribution is 5.92. The molecule has 0 bridgehead atoms. The van der Waals surface area contributed by atoms with E-state index >= 15 is 0 Å². The van der Waals surface area contributed by atoms with Crippen LogP contribution in [0.2, 0.25) is 0 Å². The second-order valence-corrected chi connectivity index (χ2v) is 6.16. The Hall–Kier alpha value is -2.36. The molecule has 0 radical (unpaired) electrons. The maximum atomic E-state index is 12.3. The summed E-state index contributed by atoms with van der Waals surface area (Å²) in [6.07, 6.45) is 4.77. The maximum Gasteiger partial charge on any atom is 0.343 e. The van der Waals surface area contributed by atoms with Crippen molar-refractivity contribution in [3.63, 3.8) is 0 Å². The molecular formula is C20H23NO3. The zero-order valence-corrected chi connectivity index (χ0v) is 14.2. The third-order valence-electron chi connectivity index (χ3n) is 4.41. The molecule has 1 aromatic heterocycles. The normalized spacial score (nSPS) is 14.6. The Morgan fingerprint density at radius 1 is 1.21 bits per heavy atom. The molecule has 0 amide bonds. The number of rotatable bonds is 5. The molecular weight excluding hydrogens is 302 g/mol. The van der Waals surface area contributed by atoms with Crippen molar-refractivity contribution in [1.82, 2.24) is 4.98 Å². The molecule has 1 aliphatic rings. The van der Waals surface area contributed by atoms with Gasteiger partial charge in [-0.25, -0.2) is 9.78 Å². The summed E-state index contributed by atoms with van der Waals surface area (Å²) in [5.74, 6) is 1.07. The lowest BCUT2D eigenvalue weighted by Crippen LogP contribution is -2.11. The van der Waals surface area contributed by atoms with Gasteiger partial charge >= 0.3 is 5.97 Å². The standard InChI is InChI=1S/C20H23NO3/c1-3-23-20(22)17-13-14(2)18(15-9-7-8-10-15)21-19(17)24-16-11-5-4-6-12-16/h4-6,11-13,15H,3,7-10H2,1-2H3. The number of aromatic nitrogens is 1. The maximum absolute atomic E-state index is 12.3. The van der Waals surface area contributed by atoms with Crippen LogP contribution < -0.4 is 4.74 Å². The second-order valence-electron chi connectivity index (χ2n) is 6.16. The summed E-state index contributed by atoms with van der Waals surface area (Å²) in [5.41, 5.74) is 2.47. The number of aryl methyl sites for hydroxylation is 1. The number of pyridine rings is 1. The predicted molar refractivity (Wildman–Crippen MR) is 92.7 cm³/mol. The SMILES string of the molecule is CCOC(=O)c1cc(C)c(C2CCCC2)nc1Oc1ccccc1. The van der Waals surface area contributed by atoms with Gasteiger partial charge in [-0.15, -0.1) is 0 Å². The van der Waals surface area contributed by atoms with Gasteiger partial charge in [-0.05, 0) is 50.5 Å². The fourth-order valence-electron chi connectivity index (χ4n) is 3.26. The summed E-state index contributed by atoms with van der Waals surface area (Å²) in [5, 5.41) is 0. The number of carbonyl (C=O) groups excluding carboxylic acids is 1. The molecule has 4 nitrogen and oxygen atoms in total. The summed E-state index contributed by atoms with van der Waals surface area (Å²) in [7, 11) is 0. The summed E-state index contributed by atoms with van der Waals surface area (Å²) < 4.78 is 11.1. The monoisotopic (exact) mass is 325 g/mol. The quantitative estimate of drug-likeness (QED) is 0.724. The number of ether oxygens (including phenoxy) is 2. The van der Waals surface area contributed by atoms with Gasteiger partial charge < -0.3 is 9.47 Å². The van der Waals surface area contributed by atoms with E-state index in [1.165, 1.54) is 12.8 Å². The van der Waals surface area contributed by atoms with Crippen molar-refractivity contribution in [2.24, 2.45) is 0 Å². The summed E-state index contributed by atoms with van der Waals surface area (Å²) in [4.78, 5) is 17.0. The summed E-state index contributed by atoms with van der Waals surface area (Å²) >= 11 is 0. The largest absolute Gasteiger partial charge is 0.462 e. The molecule has 1 heterocycles. The molecule has 0 spiro atoms. The van der Waals surface area contributed by atoms with Crippen LogP contribution >= 0.6 is 0 Å². The van der Waals surface area contributed by atoms with Crippen LogP contribution in [0.1, 0.15) is 60.1 Å². The van der Waals surface area contributed by atoms with E-state index in [-0.39, 0.29) is 0 Å². The van der Waals surface area contributed by atoms with Gasteiger partial charge in [0.2, 0.25) is 5.88 Å². The van der Waals surface area contributed by atoms with Crippen LogP contribution in [0.5, 0.6) is 11.6 Å². The summed E-state index contributed by atoms with van der Waals surface area (Å²) in [6.45, 7) is 4.13. The van der Waals surface area contributed by atoms with Crippen LogP contribution in [-0.2, 0) is 4.74 Å². The number of nitrogens with zero attached hydrogens (tertiary/aromatic N) is 1. The first-order chi connectivity index (χ1) is 11.7. The highest BCUT2D eigenvalue weighted by atomic mass is 16.5. The predicted octanol–water partition coefficient (Wildman–Crippen LogP) is 5.02. The number of hydrogen-bond acceptors (Lipinski definition) is 4. The van der Waals surface area contributed by atoms with Crippen molar-refractivity contribution in [2.75, 3.05) is 6.61 Å². The number of carbonyl (C=O) groups is 1. The highest BCUT2D eigenvalue weighted by Crippen LogP contribution is 2.37. The molecule has 0 saturated heterocycles. The van der Waals surface area contributed by atoms with E-state index in [1.54, 1.807) is 6.92 Å². The Morgan fingerprint density at radius 3 is 2.58 bits per heavy atom. The van der Waals surface area contributed by atoms with Crippen LogP contribution in [0.4, 0.5) is 0 Å². The third kappa shape index (κ3) is 3.58. The van der Waals surface area contributed by atoms with Gasteiger partial charge in [-0.2, -0.15) is 0 Å². The fraction of sp³-hybridized carbons (Fsp3) is 0.400. The van der Waals surface area contributed by atoms with Crippen LogP contribution in [0.15, 0.2) is 36.4 Å². The fourth-order valence-corrected chi connectivity index (χ4v) is 3.26. The smallest absolute Gasteiger partial charge is 0.343 e. The van der Waals surface area contributed by atoms with Crippen LogP contribution in [0.3, 0.4) is 0 Å². The third-order valence-corrected chi connectivity index (χ3v) is 4.41. The lowest BCUT2D eigenvalue weighted by Gasteiger charge is -2.16. The van der Waals surface area contributed by atoms with Crippen LogP contribution in [-0.4, -0.2) is 17.6 Å². The van der Waals surface area contributed by atoms with E-state index in [9.17, 15) is 4.79 Å². The first kappa shape index (κ1) is 16.5. The molecule has 1 fully saturated rings. The number of para-hydroxylation sites is 1. The van der Waals surface area contributed by atoms with Crippen molar-refractivity contribution in [2.45, 2.75) is 45.4 Å². The van der Waals surface area contributed by atoms with Crippen molar-refractivity contribution in [3.05, 3.63) is 53.2 Å². The Bertz CT molecular complexity index is 706. The molecule has 4 heteroatoms. The van der Waals surface area contributed by atoms with E-state index < -0.39 is 5.97 Å². The van der Waals surface area contributed by atoms with E-state index in [0.29, 0.717) is 29.7 Å².